The van der Waals surface area contributed by atoms with Crippen molar-refractivity contribution < 1.29 is 9.13 Å². The van der Waals surface area contributed by atoms with Gasteiger partial charge in [-0.15, -0.1) is 0 Å². The summed E-state index contributed by atoms with van der Waals surface area (Å²) in [5, 5.41) is 0. The normalized spacial score (nSPS) is 10.6. The fraction of sp³-hybridized carbons (Fsp3) is 0.432. The minimum Gasteiger partial charge on any atom is -0.264 e. The highest BCUT2D eigenvalue weighted by Gasteiger charge is 2.18. The fourth-order valence-electron chi connectivity index (χ4n) is 4.50. The molecule has 3 heteroatoms. The van der Waals surface area contributed by atoms with Crippen LogP contribution in [0.5, 0.6) is 0 Å². The lowest BCUT2D eigenvalue weighted by molar-refractivity contribution is -0.661. The van der Waals surface area contributed by atoms with Crippen LogP contribution in [0.1, 0.15) is 90.5 Å². The first-order chi connectivity index (χ1) is 19.5. The Kier molecular flexibility index (Phi) is 19.7. The van der Waals surface area contributed by atoms with Crippen molar-refractivity contribution in [2.75, 3.05) is 0 Å². The number of hydrogen-bond donors (Lipinski definition) is 0. The molecule has 3 nitrogen and oxygen atoms in total. The van der Waals surface area contributed by atoms with E-state index in [4.69, 9.17) is 0 Å². The second-order valence-electron chi connectivity index (χ2n) is 8.73. The topological polar surface area (TPSA) is 20.6 Å². The summed E-state index contributed by atoms with van der Waals surface area (Å²) in [6, 6.07) is 19.2. The first-order valence-electron chi connectivity index (χ1n) is 15.5. The van der Waals surface area contributed by atoms with Crippen molar-refractivity contribution in [3.8, 4) is 22.5 Å². The van der Waals surface area contributed by atoms with E-state index in [9.17, 15) is 0 Å². The van der Waals surface area contributed by atoms with Gasteiger partial charge in [-0.05, 0) is 74.4 Å². The molecule has 0 saturated carbocycles. The Morgan fingerprint density at radius 1 is 0.600 bits per heavy atom. The Hall–Kier alpha value is -3.33. The van der Waals surface area contributed by atoms with E-state index >= 15 is 0 Å². The summed E-state index contributed by atoms with van der Waals surface area (Å²) < 4.78 is 4.39. The number of nitrogens with zero attached hydrogens (tertiary/aromatic N) is 3. The minimum atomic E-state index is 1.19. The molecule has 3 heterocycles. The van der Waals surface area contributed by atoms with Crippen LogP contribution >= 0.6 is 0 Å². The molecule has 0 radical (unpaired) electrons. The first-order valence-corrected chi connectivity index (χ1v) is 15.5. The van der Waals surface area contributed by atoms with Crippen LogP contribution in [-0.4, -0.2) is 4.98 Å². The Balaban J connectivity index is 0.000000621. The van der Waals surface area contributed by atoms with E-state index in [1.54, 1.807) is 11.1 Å². The summed E-state index contributed by atoms with van der Waals surface area (Å²) in [5.74, 6) is 0. The van der Waals surface area contributed by atoms with Gasteiger partial charge in [-0.25, -0.2) is 9.13 Å². The van der Waals surface area contributed by atoms with Crippen LogP contribution in [0.3, 0.4) is 0 Å². The van der Waals surface area contributed by atoms with Crippen molar-refractivity contribution in [2.45, 2.75) is 94.9 Å². The average molecular weight is 544 g/mol. The van der Waals surface area contributed by atoms with Gasteiger partial charge >= 0.3 is 0 Å². The molecule has 40 heavy (non-hydrogen) atoms. The molecule has 1 aliphatic rings. The van der Waals surface area contributed by atoms with Crippen LogP contribution in [0.25, 0.3) is 22.5 Å². The van der Waals surface area contributed by atoms with Crippen LogP contribution in [0.4, 0.5) is 0 Å². The van der Waals surface area contributed by atoms with Gasteiger partial charge in [0.15, 0.2) is 12.4 Å². The van der Waals surface area contributed by atoms with E-state index in [1.165, 1.54) is 59.3 Å². The van der Waals surface area contributed by atoms with Gasteiger partial charge in [-0.3, -0.25) is 4.98 Å². The highest BCUT2D eigenvalue weighted by Crippen LogP contribution is 2.26. The smallest absolute Gasteiger partial charge is 0.214 e. The molecule has 3 aromatic heterocycles. The van der Waals surface area contributed by atoms with Crippen molar-refractivity contribution in [2.24, 2.45) is 14.1 Å². The van der Waals surface area contributed by atoms with Crippen molar-refractivity contribution in [1.82, 2.24) is 4.98 Å². The summed E-state index contributed by atoms with van der Waals surface area (Å²) in [6.45, 7) is 20.3. The Morgan fingerprint density at radius 2 is 1.18 bits per heavy atom. The van der Waals surface area contributed by atoms with Crippen molar-refractivity contribution >= 4 is 0 Å². The Morgan fingerprint density at radius 3 is 1.77 bits per heavy atom. The molecule has 0 spiro atoms. The van der Waals surface area contributed by atoms with E-state index in [0.29, 0.717) is 0 Å². The summed E-state index contributed by atoms with van der Waals surface area (Å²) in [6.07, 6.45) is 13.3. The molecule has 0 bridgehead atoms. The van der Waals surface area contributed by atoms with Crippen molar-refractivity contribution in [3.63, 3.8) is 0 Å². The number of aromatic nitrogens is 3. The zero-order chi connectivity index (χ0) is 30.5. The molecule has 1 aromatic carbocycles. The molecular formula is C37H57N3+2. The lowest BCUT2D eigenvalue weighted by Gasteiger charge is -2.15. The van der Waals surface area contributed by atoms with E-state index in [2.05, 4.69) is 77.6 Å². The van der Waals surface area contributed by atoms with E-state index in [1.807, 2.05) is 99.2 Å². The maximum Gasteiger partial charge on any atom is 0.214 e. The van der Waals surface area contributed by atoms with Crippen molar-refractivity contribution in [3.05, 3.63) is 102 Å². The summed E-state index contributed by atoms with van der Waals surface area (Å²) in [7, 11) is 4.21. The molecule has 5 rings (SSSR count). The second kappa shape index (κ2) is 21.5. The molecule has 0 aliphatic heterocycles. The largest absolute Gasteiger partial charge is 0.264 e. The number of aryl methyl sites for hydroxylation is 6. The molecular weight excluding hydrogens is 486 g/mol. The zero-order valence-corrected chi connectivity index (χ0v) is 27.7. The third-order valence-electron chi connectivity index (χ3n) is 6.39. The predicted molar refractivity (Wildman–Crippen MR) is 175 cm³/mol. The van der Waals surface area contributed by atoms with Gasteiger partial charge in [0.1, 0.15) is 14.1 Å². The third-order valence-corrected chi connectivity index (χ3v) is 6.39. The SMILES string of the molecule is CC.CC.CC.CC.Cc1ccccc1-c1cc2c(c[n+]1C)CCCC2.Cc1ccncc1-c1cccc[n+]1C. The highest BCUT2D eigenvalue weighted by molar-refractivity contribution is 5.62. The van der Waals surface area contributed by atoms with E-state index in [0.717, 1.165) is 0 Å². The molecule has 0 saturated heterocycles. The molecule has 1 aliphatic carbocycles. The molecule has 4 aromatic rings. The number of hydrogen-bond acceptors (Lipinski definition) is 1. The van der Waals surface area contributed by atoms with Crippen LogP contribution in [-0.2, 0) is 26.9 Å². The molecule has 218 valence electrons. The standard InChI is InChI=1S/C17H20N.C12H13N2.4C2H6/c1-13-7-3-6-10-16(13)17-11-14-8-4-5-9-15(14)12-18(17)2;1-10-6-7-13-9-11(10)12-5-3-4-8-14(12)2;4*1-2/h3,6-7,10-12H,4-5,8-9H2,1-2H3;3-9H,1-2H3;4*1-2H3/q2*+1;;;;. The van der Waals surface area contributed by atoms with Gasteiger partial charge in [-0.1, -0.05) is 73.6 Å². The first kappa shape index (κ1) is 36.7. The highest BCUT2D eigenvalue weighted by atomic mass is 14.9. The molecule has 0 unspecified atom stereocenters. The minimum absolute atomic E-state index is 1.19. The predicted octanol–water partition coefficient (Wildman–Crippen LogP) is 9.35. The molecule has 0 atom stereocenters. The van der Waals surface area contributed by atoms with Crippen LogP contribution in [0.15, 0.2) is 79.4 Å². The van der Waals surface area contributed by atoms with Gasteiger partial charge in [0.05, 0.1) is 5.56 Å². The fourth-order valence-corrected chi connectivity index (χ4v) is 4.50. The number of fused-ring (bicyclic) bond motifs is 1. The van der Waals surface area contributed by atoms with Crippen LogP contribution < -0.4 is 9.13 Å². The second-order valence-corrected chi connectivity index (χ2v) is 8.73. The molecule has 0 fully saturated rings. The monoisotopic (exact) mass is 543 g/mol. The number of rotatable bonds is 2. The average Bonchev–Trinajstić information content (AvgIpc) is 3.02. The maximum absolute atomic E-state index is 4.15. The van der Waals surface area contributed by atoms with Crippen LogP contribution in [0, 0.1) is 13.8 Å². The van der Waals surface area contributed by atoms with Gasteiger partial charge in [0.25, 0.3) is 0 Å². The summed E-state index contributed by atoms with van der Waals surface area (Å²) >= 11 is 0. The van der Waals surface area contributed by atoms with Crippen LogP contribution in [0.2, 0.25) is 0 Å². The molecule has 0 amide bonds. The van der Waals surface area contributed by atoms with Crippen molar-refractivity contribution in [1.29, 1.82) is 0 Å². The van der Waals surface area contributed by atoms with Gasteiger partial charge in [0.2, 0.25) is 11.4 Å². The lowest BCUT2D eigenvalue weighted by atomic mass is 9.91. The van der Waals surface area contributed by atoms with E-state index < -0.39 is 0 Å². The lowest BCUT2D eigenvalue weighted by Crippen LogP contribution is -2.32. The summed E-state index contributed by atoms with van der Waals surface area (Å²) in [4.78, 5) is 4.15. The third kappa shape index (κ3) is 10.7. The van der Waals surface area contributed by atoms with Gasteiger partial charge in [-0.2, -0.15) is 0 Å². The Bertz CT molecular complexity index is 1180. The molecule has 0 N–H and O–H groups in total. The zero-order valence-electron chi connectivity index (χ0n) is 27.7. The quantitative estimate of drug-likeness (QED) is 0.231. The maximum atomic E-state index is 4.15. The van der Waals surface area contributed by atoms with Gasteiger partial charge in [0, 0.05) is 41.7 Å². The Labute approximate surface area is 247 Å². The van der Waals surface area contributed by atoms with E-state index in [-0.39, 0.29) is 0 Å². The summed E-state index contributed by atoms with van der Waals surface area (Å²) in [5.41, 5.74) is 10.8. The number of pyridine rings is 3. The van der Waals surface area contributed by atoms with Gasteiger partial charge < -0.3 is 0 Å². The number of benzene rings is 1.